The number of hydrogen-bond donors (Lipinski definition) is 2. The fourth-order valence-electron chi connectivity index (χ4n) is 3.81. The van der Waals surface area contributed by atoms with Crippen molar-refractivity contribution in [1.82, 2.24) is 15.5 Å². The van der Waals surface area contributed by atoms with E-state index in [9.17, 15) is 8.78 Å². The van der Waals surface area contributed by atoms with Gasteiger partial charge in [0.2, 0.25) is 0 Å². The first kappa shape index (κ1) is 26.1. The molecule has 0 saturated carbocycles. The Morgan fingerprint density at radius 3 is 2.53 bits per heavy atom. The second kappa shape index (κ2) is 13.4. The summed E-state index contributed by atoms with van der Waals surface area (Å²) < 4.78 is 35.3. The monoisotopic (exact) mass is 560 g/mol. The fraction of sp³-hybridized carbons (Fsp3) is 0.435. The van der Waals surface area contributed by atoms with Crippen molar-refractivity contribution in [2.75, 3.05) is 33.8 Å². The van der Waals surface area contributed by atoms with E-state index in [2.05, 4.69) is 37.4 Å². The van der Waals surface area contributed by atoms with Gasteiger partial charge < -0.3 is 20.1 Å². The molecule has 176 valence electrons. The van der Waals surface area contributed by atoms with Crippen molar-refractivity contribution < 1.29 is 18.3 Å². The Morgan fingerprint density at radius 1 is 1.09 bits per heavy atom. The van der Waals surface area contributed by atoms with E-state index in [-0.39, 0.29) is 35.8 Å². The number of likely N-dealkylation sites (tertiary alicyclic amines) is 1. The standard InChI is InChI=1S/C23H30F2N4O2.HI/c1-26-23(27-15-18-8-3-4-11-21(18)31-22(24)25)28-16-20(29-12-5-6-13-29)17-9-7-10-19(14-17)30-2;/h3-4,7-11,14,20,22H,5-6,12-13,15-16H2,1-2H3,(H2,26,27,28);1H. The minimum Gasteiger partial charge on any atom is -0.497 e. The van der Waals surface area contributed by atoms with Gasteiger partial charge in [-0.25, -0.2) is 0 Å². The maximum Gasteiger partial charge on any atom is 0.387 e. The van der Waals surface area contributed by atoms with Crippen molar-refractivity contribution in [3.05, 3.63) is 59.7 Å². The summed E-state index contributed by atoms with van der Waals surface area (Å²) in [4.78, 5) is 6.74. The number of ether oxygens (including phenoxy) is 2. The topological polar surface area (TPSA) is 58.1 Å². The lowest BCUT2D eigenvalue weighted by molar-refractivity contribution is -0.0504. The average Bonchev–Trinajstić information content (AvgIpc) is 3.31. The van der Waals surface area contributed by atoms with Crippen molar-refractivity contribution in [3.8, 4) is 11.5 Å². The zero-order valence-electron chi connectivity index (χ0n) is 18.4. The number of hydrogen-bond acceptors (Lipinski definition) is 4. The van der Waals surface area contributed by atoms with Crippen molar-refractivity contribution in [1.29, 1.82) is 0 Å². The summed E-state index contributed by atoms with van der Waals surface area (Å²) in [5, 5.41) is 6.57. The Hall–Kier alpha value is -2.14. The summed E-state index contributed by atoms with van der Waals surface area (Å²) in [6.45, 7) is 0.211. The van der Waals surface area contributed by atoms with Crippen LogP contribution >= 0.6 is 24.0 Å². The van der Waals surface area contributed by atoms with Gasteiger partial charge in [0, 0.05) is 25.7 Å². The van der Waals surface area contributed by atoms with Crippen LogP contribution < -0.4 is 20.1 Å². The van der Waals surface area contributed by atoms with E-state index in [1.165, 1.54) is 24.5 Å². The quantitative estimate of drug-likeness (QED) is 0.270. The molecular formula is C23H31F2IN4O2. The lowest BCUT2D eigenvalue weighted by Crippen LogP contribution is -2.42. The number of benzene rings is 2. The summed E-state index contributed by atoms with van der Waals surface area (Å²) >= 11 is 0. The van der Waals surface area contributed by atoms with Crippen molar-refractivity contribution in [2.24, 2.45) is 4.99 Å². The molecule has 9 heteroatoms. The number of methoxy groups -OCH3 is 1. The van der Waals surface area contributed by atoms with Crippen LogP contribution in [0.4, 0.5) is 8.78 Å². The molecule has 6 nitrogen and oxygen atoms in total. The minimum absolute atomic E-state index is 0. The van der Waals surface area contributed by atoms with E-state index >= 15 is 0 Å². The molecule has 1 fully saturated rings. The zero-order valence-corrected chi connectivity index (χ0v) is 20.7. The van der Waals surface area contributed by atoms with Gasteiger partial charge in [-0.15, -0.1) is 24.0 Å². The molecule has 3 rings (SSSR count). The Balaban J connectivity index is 0.00000363. The number of para-hydroxylation sites is 1. The molecule has 1 aliphatic heterocycles. The van der Waals surface area contributed by atoms with E-state index in [4.69, 9.17) is 4.74 Å². The van der Waals surface area contributed by atoms with Crippen LogP contribution in [-0.2, 0) is 6.54 Å². The van der Waals surface area contributed by atoms with E-state index < -0.39 is 6.61 Å². The number of aliphatic imine (C=N–C) groups is 1. The lowest BCUT2D eigenvalue weighted by Gasteiger charge is -2.29. The predicted molar refractivity (Wildman–Crippen MR) is 133 cm³/mol. The Bertz CT molecular complexity index is 863. The first-order valence-electron chi connectivity index (χ1n) is 10.5. The summed E-state index contributed by atoms with van der Waals surface area (Å²) in [7, 11) is 3.36. The number of halogens is 3. The van der Waals surface area contributed by atoms with Gasteiger partial charge in [0.1, 0.15) is 11.5 Å². The highest BCUT2D eigenvalue weighted by Gasteiger charge is 2.24. The van der Waals surface area contributed by atoms with Crippen LogP contribution in [0.5, 0.6) is 11.5 Å². The van der Waals surface area contributed by atoms with E-state index in [0.717, 1.165) is 18.8 Å². The van der Waals surface area contributed by atoms with Gasteiger partial charge in [0.15, 0.2) is 5.96 Å². The largest absolute Gasteiger partial charge is 0.497 e. The van der Waals surface area contributed by atoms with Crippen LogP contribution in [0.2, 0.25) is 0 Å². The molecule has 0 aliphatic carbocycles. The van der Waals surface area contributed by atoms with Crippen LogP contribution in [-0.4, -0.2) is 51.3 Å². The molecule has 2 N–H and O–H groups in total. The van der Waals surface area contributed by atoms with Gasteiger partial charge in [-0.1, -0.05) is 30.3 Å². The molecule has 0 spiro atoms. The predicted octanol–water partition coefficient (Wildman–Crippen LogP) is 4.42. The first-order chi connectivity index (χ1) is 15.1. The summed E-state index contributed by atoms with van der Waals surface area (Å²) in [6, 6.07) is 15.0. The van der Waals surface area contributed by atoms with E-state index in [0.29, 0.717) is 24.6 Å². The second-order valence-electron chi connectivity index (χ2n) is 7.33. The Labute approximate surface area is 205 Å². The zero-order chi connectivity index (χ0) is 22.1. The van der Waals surface area contributed by atoms with Gasteiger partial charge >= 0.3 is 6.61 Å². The molecule has 1 saturated heterocycles. The highest BCUT2D eigenvalue weighted by Crippen LogP contribution is 2.27. The van der Waals surface area contributed by atoms with Crippen LogP contribution in [0, 0.1) is 0 Å². The van der Waals surface area contributed by atoms with Gasteiger partial charge in [-0.2, -0.15) is 8.78 Å². The molecular weight excluding hydrogens is 529 g/mol. The number of nitrogens with zero attached hydrogens (tertiary/aromatic N) is 2. The van der Waals surface area contributed by atoms with Gasteiger partial charge in [-0.05, 0) is 49.7 Å². The van der Waals surface area contributed by atoms with Gasteiger partial charge in [-0.3, -0.25) is 9.89 Å². The molecule has 0 radical (unpaired) electrons. The van der Waals surface area contributed by atoms with Crippen LogP contribution in [0.1, 0.15) is 30.0 Å². The van der Waals surface area contributed by atoms with E-state index in [1.807, 2.05) is 12.1 Å². The molecule has 0 bridgehead atoms. The van der Waals surface area contributed by atoms with Crippen molar-refractivity contribution in [3.63, 3.8) is 0 Å². The summed E-state index contributed by atoms with van der Waals surface area (Å²) in [5.74, 6) is 1.59. The molecule has 2 aromatic carbocycles. The molecule has 1 unspecified atom stereocenters. The molecule has 32 heavy (non-hydrogen) atoms. The fourth-order valence-corrected chi connectivity index (χ4v) is 3.81. The van der Waals surface area contributed by atoms with Crippen LogP contribution in [0.15, 0.2) is 53.5 Å². The SMILES string of the molecule is CN=C(NCc1ccccc1OC(F)F)NCC(c1cccc(OC)c1)N1CCCC1.I. The van der Waals surface area contributed by atoms with Gasteiger partial charge in [0.05, 0.1) is 13.2 Å². The summed E-state index contributed by atoms with van der Waals surface area (Å²) in [6.07, 6.45) is 2.38. The Kier molecular flexibility index (Phi) is 10.9. The molecule has 0 aromatic heterocycles. The average molecular weight is 560 g/mol. The number of rotatable bonds is 9. The number of nitrogens with one attached hydrogen (secondary N) is 2. The van der Waals surface area contributed by atoms with Crippen LogP contribution in [0.25, 0.3) is 0 Å². The number of alkyl halides is 2. The highest BCUT2D eigenvalue weighted by atomic mass is 127. The van der Waals surface area contributed by atoms with Gasteiger partial charge in [0.25, 0.3) is 0 Å². The molecule has 1 atom stereocenters. The first-order valence-corrected chi connectivity index (χ1v) is 10.5. The smallest absolute Gasteiger partial charge is 0.387 e. The Morgan fingerprint density at radius 2 is 1.84 bits per heavy atom. The normalized spacial score (nSPS) is 15.2. The molecule has 1 heterocycles. The van der Waals surface area contributed by atoms with Crippen molar-refractivity contribution >= 4 is 29.9 Å². The highest BCUT2D eigenvalue weighted by molar-refractivity contribution is 14.0. The minimum atomic E-state index is -2.86. The maximum atomic E-state index is 12.6. The second-order valence-corrected chi connectivity index (χ2v) is 7.33. The lowest BCUT2D eigenvalue weighted by atomic mass is 10.1. The number of guanidine groups is 1. The summed E-state index contributed by atoms with van der Waals surface area (Å²) in [5.41, 5.74) is 1.81. The maximum absolute atomic E-state index is 12.6. The molecule has 2 aromatic rings. The third kappa shape index (κ3) is 7.47. The third-order valence-corrected chi connectivity index (χ3v) is 5.38. The third-order valence-electron chi connectivity index (χ3n) is 5.38. The molecule has 0 amide bonds. The van der Waals surface area contributed by atoms with Crippen LogP contribution in [0.3, 0.4) is 0 Å². The molecule has 1 aliphatic rings. The van der Waals surface area contributed by atoms with E-state index in [1.54, 1.807) is 32.4 Å². The van der Waals surface area contributed by atoms with Crippen molar-refractivity contribution in [2.45, 2.75) is 32.0 Å².